The zero-order valence-electron chi connectivity index (χ0n) is 16.1. The second kappa shape index (κ2) is 7.52. The molecular weight excluding hydrogens is 350 g/mol. The Kier molecular flexibility index (Phi) is 4.76. The molecule has 2 heterocycles. The average Bonchev–Trinajstić information content (AvgIpc) is 2.74. The van der Waals surface area contributed by atoms with E-state index in [-0.39, 0.29) is 0 Å². The average molecular weight is 371 g/mol. The number of fused-ring (bicyclic) bond motifs is 1. The molecule has 0 radical (unpaired) electrons. The van der Waals surface area contributed by atoms with Gasteiger partial charge in [-0.05, 0) is 54.6 Å². The minimum Gasteiger partial charge on any atom is -0.424 e. The van der Waals surface area contributed by atoms with Crippen LogP contribution in [0.2, 0.25) is 0 Å². The Morgan fingerprint density at radius 1 is 0.750 bits per heavy atom. The summed E-state index contributed by atoms with van der Waals surface area (Å²) in [5.74, 6) is 0.684. The van der Waals surface area contributed by atoms with Crippen LogP contribution in [-0.2, 0) is 0 Å². The van der Waals surface area contributed by atoms with Gasteiger partial charge in [-0.3, -0.25) is 4.98 Å². The third-order valence-corrected chi connectivity index (χ3v) is 4.55. The Morgan fingerprint density at radius 2 is 1.39 bits per heavy atom. The molecule has 0 atom stereocenters. The van der Waals surface area contributed by atoms with Crippen molar-refractivity contribution >= 4 is 28.0 Å². The molecule has 0 fully saturated rings. The van der Waals surface area contributed by atoms with Gasteiger partial charge in [0.1, 0.15) is 5.75 Å². The Morgan fingerprint density at radius 3 is 2.07 bits per heavy atom. The molecule has 2 aromatic heterocycles. The Labute approximate surface area is 164 Å². The number of pyridine rings is 1. The lowest BCUT2D eigenvalue weighted by Gasteiger charge is -2.21. The quantitative estimate of drug-likeness (QED) is 0.509. The third-order valence-electron chi connectivity index (χ3n) is 4.55. The first kappa shape index (κ1) is 17.7. The van der Waals surface area contributed by atoms with Gasteiger partial charge in [0.2, 0.25) is 0 Å². The van der Waals surface area contributed by atoms with E-state index in [0.29, 0.717) is 11.8 Å². The fourth-order valence-electron chi connectivity index (χ4n) is 2.87. The van der Waals surface area contributed by atoms with E-state index in [2.05, 4.69) is 49.0 Å². The minimum absolute atomic E-state index is 0.306. The number of nitrogens with zero attached hydrogens (tertiary/aromatic N) is 5. The van der Waals surface area contributed by atoms with Crippen LogP contribution >= 0.6 is 0 Å². The van der Waals surface area contributed by atoms with Crippen molar-refractivity contribution < 1.29 is 4.74 Å². The fraction of sp³-hybridized carbons (Fsp3) is 0.136. The van der Waals surface area contributed by atoms with E-state index in [9.17, 15) is 0 Å². The molecule has 0 aliphatic heterocycles. The summed E-state index contributed by atoms with van der Waals surface area (Å²) in [6.07, 6.45) is 5.15. The number of aromatic nitrogens is 3. The van der Waals surface area contributed by atoms with Crippen molar-refractivity contribution in [3.63, 3.8) is 0 Å². The summed E-state index contributed by atoms with van der Waals surface area (Å²) in [7, 11) is 6.11. The summed E-state index contributed by atoms with van der Waals surface area (Å²) in [6.45, 7) is 0. The smallest absolute Gasteiger partial charge is 0.322 e. The van der Waals surface area contributed by atoms with Crippen molar-refractivity contribution in [1.82, 2.24) is 15.0 Å². The van der Waals surface area contributed by atoms with Crippen LogP contribution in [0.5, 0.6) is 11.8 Å². The van der Waals surface area contributed by atoms with E-state index in [1.807, 2.05) is 51.5 Å². The van der Waals surface area contributed by atoms with Crippen molar-refractivity contribution in [3.05, 3.63) is 73.2 Å². The van der Waals surface area contributed by atoms with Gasteiger partial charge in [-0.25, -0.2) is 4.98 Å². The summed E-state index contributed by atoms with van der Waals surface area (Å²) in [5.41, 5.74) is 4.11. The predicted octanol–water partition coefficient (Wildman–Crippen LogP) is 4.65. The molecule has 6 heteroatoms. The molecule has 0 N–H and O–H groups in total. The molecule has 4 rings (SSSR count). The number of rotatable bonds is 5. The normalized spacial score (nSPS) is 10.7. The SMILES string of the molecule is CN(C)c1ccc(N(C)c2ccc(Oc3ncc4ccncc4n3)cc2)cc1. The van der Waals surface area contributed by atoms with Crippen LogP contribution in [0.4, 0.5) is 17.1 Å². The van der Waals surface area contributed by atoms with Crippen molar-refractivity contribution in [2.75, 3.05) is 30.9 Å². The molecule has 0 bridgehead atoms. The van der Waals surface area contributed by atoms with E-state index >= 15 is 0 Å². The first-order chi connectivity index (χ1) is 13.6. The van der Waals surface area contributed by atoms with Gasteiger partial charge in [0, 0.05) is 56.0 Å². The van der Waals surface area contributed by atoms with Crippen molar-refractivity contribution in [2.45, 2.75) is 0 Å². The van der Waals surface area contributed by atoms with Gasteiger partial charge < -0.3 is 14.5 Å². The summed E-state index contributed by atoms with van der Waals surface area (Å²) < 4.78 is 5.79. The zero-order valence-corrected chi connectivity index (χ0v) is 16.1. The molecule has 0 spiro atoms. The minimum atomic E-state index is 0.306. The fourth-order valence-corrected chi connectivity index (χ4v) is 2.87. The molecule has 28 heavy (non-hydrogen) atoms. The molecule has 6 nitrogen and oxygen atoms in total. The van der Waals surface area contributed by atoms with Crippen molar-refractivity contribution in [1.29, 1.82) is 0 Å². The van der Waals surface area contributed by atoms with E-state index in [4.69, 9.17) is 4.74 Å². The molecule has 0 saturated heterocycles. The Hall–Kier alpha value is -3.67. The van der Waals surface area contributed by atoms with Crippen LogP contribution in [0, 0.1) is 0 Å². The maximum atomic E-state index is 5.79. The number of hydrogen-bond acceptors (Lipinski definition) is 6. The zero-order chi connectivity index (χ0) is 19.5. The number of ether oxygens (including phenoxy) is 1. The van der Waals surface area contributed by atoms with Crippen molar-refractivity contribution in [2.24, 2.45) is 0 Å². The summed E-state index contributed by atoms with van der Waals surface area (Å²) in [6, 6.07) is 18.5. The van der Waals surface area contributed by atoms with Crippen LogP contribution in [-0.4, -0.2) is 36.1 Å². The van der Waals surface area contributed by atoms with E-state index in [1.165, 1.54) is 5.69 Å². The lowest BCUT2D eigenvalue weighted by molar-refractivity contribution is 0.444. The maximum absolute atomic E-state index is 5.79. The molecule has 2 aromatic carbocycles. The topological polar surface area (TPSA) is 54.4 Å². The number of benzene rings is 2. The van der Waals surface area contributed by atoms with Gasteiger partial charge in [-0.2, -0.15) is 4.98 Å². The van der Waals surface area contributed by atoms with Crippen molar-refractivity contribution in [3.8, 4) is 11.8 Å². The van der Waals surface area contributed by atoms with Crippen LogP contribution in [0.25, 0.3) is 10.9 Å². The Bertz CT molecular complexity index is 1080. The highest BCUT2D eigenvalue weighted by atomic mass is 16.5. The van der Waals surface area contributed by atoms with Gasteiger partial charge in [0.05, 0.1) is 11.7 Å². The predicted molar refractivity (Wildman–Crippen MR) is 113 cm³/mol. The molecule has 0 amide bonds. The number of hydrogen-bond donors (Lipinski definition) is 0. The van der Waals surface area contributed by atoms with Crippen LogP contribution in [0.15, 0.2) is 73.2 Å². The molecule has 140 valence electrons. The molecule has 0 saturated carbocycles. The summed E-state index contributed by atoms with van der Waals surface area (Å²) >= 11 is 0. The molecule has 4 aromatic rings. The number of anilines is 3. The van der Waals surface area contributed by atoms with Gasteiger partial charge in [-0.15, -0.1) is 0 Å². The molecule has 0 aliphatic carbocycles. The highest BCUT2D eigenvalue weighted by Crippen LogP contribution is 2.28. The second-order valence-corrected chi connectivity index (χ2v) is 6.65. The largest absolute Gasteiger partial charge is 0.424 e. The van der Waals surface area contributed by atoms with E-state index in [1.54, 1.807) is 18.6 Å². The summed E-state index contributed by atoms with van der Waals surface area (Å²) in [4.78, 5) is 16.9. The maximum Gasteiger partial charge on any atom is 0.322 e. The first-order valence-corrected chi connectivity index (χ1v) is 8.96. The van der Waals surface area contributed by atoms with Crippen LogP contribution in [0.1, 0.15) is 0 Å². The highest BCUT2D eigenvalue weighted by Gasteiger charge is 2.07. The second-order valence-electron chi connectivity index (χ2n) is 6.65. The van der Waals surface area contributed by atoms with E-state index in [0.717, 1.165) is 22.3 Å². The highest BCUT2D eigenvalue weighted by molar-refractivity contribution is 5.76. The van der Waals surface area contributed by atoms with Crippen LogP contribution in [0.3, 0.4) is 0 Å². The standard InChI is InChI=1S/C22H21N5O/c1-26(2)17-4-6-18(7-5-17)27(3)19-8-10-20(11-9-19)28-22-24-14-16-12-13-23-15-21(16)25-22/h4-15H,1-3H3. The molecule has 0 aliphatic rings. The molecular formula is C22H21N5O. The lowest BCUT2D eigenvalue weighted by Crippen LogP contribution is -2.11. The summed E-state index contributed by atoms with van der Waals surface area (Å²) in [5, 5.41) is 0.930. The van der Waals surface area contributed by atoms with Crippen LogP contribution < -0.4 is 14.5 Å². The van der Waals surface area contributed by atoms with Gasteiger partial charge in [0.15, 0.2) is 0 Å². The Balaban J connectivity index is 1.49. The monoisotopic (exact) mass is 371 g/mol. The first-order valence-electron chi connectivity index (χ1n) is 8.96. The van der Waals surface area contributed by atoms with E-state index < -0.39 is 0 Å². The van der Waals surface area contributed by atoms with Gasteiger partial charge >= 0.3 is 6.01 Å². The third kappa shape index (κ3) is 3.71. The van der Waals surface area contributed by atoms with Gasteiger partial charge in [0.25, 0.3) is 0 Å². The van der Waals surface area contributed by atoms with Gasteiger partial charge in [-0.1, -0.05) is 0 Å². The lowest BCUT2D eigenvalue weighted by atomic mass is 10.2. The molecule has 0 unspecified atom stereocenters.